The lowest BCUT2D eigenvalue weighted by Gasteiger charge is -2.25. The molecule has 0 nitrogen and oxygen atoms in total. The first-order valence-electron chi connectivity index (χ1n) is 5.70. The molecule has 0 radical (unpaired) electrons. The molecule has 0 fully saturated rings. The average Bonchev–Trinajstić information content (AvgIpc) is 2.09. The SMILES string of the molecule is CCSCCCCCC(Br)C(C)(C)C. The van der Waals surface area contributed by atoms with Gasteiger partial charge in [-0.2, -0.15) is 11.8 Å². The summed E-state index contributed by atoms with van der Waals surface area (Å²) in [6.45, 7) is 9.15. The molecule has 0 amide bonds. The Morgan fingerprint density at radius 2 is 1.79 bits per heavy atom. The van der Waals surface area contributed by atoms with Crippen LogP contribution in [0.1, 0.15) is 53.4 Å². The molecule has 0 saturated heterocycles. The molecular formula is C12H25BrS. The number of unbranched alkanes of at least 4 members (excludes halogenated alkanes) is 2. The van der Waals surface area contributed by atoms with Gasteiger partial charge in [0.25, 0.3) is 0 Å². The molecule has 0 aliphatic heterocycles. The summed E-state index contributed by atoms with van der Waals surface area (Å²) in [6, 6.07) is 0. The van der Waals surface area contributed by atoms with Crippen molar-refractivity contribution in [2.24, 2.45) is 5.41 Å². The number of hydrogen-bond acceptors (Lipinski definition) is 1. The second kappa shape index (κ2) is 8.04. The van der Waals surface area contributed by atoms with Gasteiger partial charge in [-0.15, -0.1) is 0 Å². The van der Waals surface area contributed by atoms with Gasteiger partial charge in [0.1, 0.15) is 0 Å². The fourth-order valence-corrected chi connectivity index (χ4v) is 2.30. The van der Waals surface area contributed by atoms with Gasteiger partial charge in [0.05, 0.1) is 0 Å². The summed E-state index contributed by atoms with van der Waals surface area (Å²) in [4.78, 5) is 0.675. The van der Waals surface area contributed by atoms with Crippen LogP contribution in [-0.2, 0) is 0 Å². The van der Waals surface area contributed by atoms with Crippen molar-refractivity contribution in [3.8, 4) is 0 Å². The molecular weight excluding hydrogens is 256 g/mol. The lowest BCUT2D eigenvalue weighted by molar-refractivity contribution is 0.378. The lowest BCUT2D eigenvalue weighted by atomic mass is 9.89. The van der Waals surface area contributed by atoms with Gasteiger partial charge in [0, 0.05) is 4.83 Å². The molecule has 0 bridgehead atoms. The van der Waals surface area contributed by atoms with Gasteiger partial charge >= 0.3 is 0 Å². The number of hydrogen-bond donors (Lipinski definition) is 0. The number of alkyl halides is 1. The van der Waals surface area contributed by atoms with Gasteiger partial charge in [0.2, 0.25) is 0 Å². The van der Waals surface area contributed by atoms with Crippen molar-refractivity contribution >= 4 is 27.7 Å². The van der Waals surface area contributed by atoms with Crippen molar-refractivity contribution < 1.29 is 0 Å². The Kier molecular flexibility index (Phi) is 8.51. The Balaban J connectivity index is 3.28. The third kappa shape index (κ3) is 8.16. The molecule has 0 aromatic carbocycles. The third-order valence-corrected chi connectivity index (χ3v) is 5.21. The molecule has 0 aromatic heterocycles. The highest BCUT2D eigenvalue weighted by Crippen LogP contribution is 2.30. The minimum atomic E-state index is 0.415. The Morgan fingerprint density at radius 3 is 2.29 bits per heavy atom. The van der Waals surface area contributed by atoms with E-state index in [1.54, 1.807) is 0 Å². The van der Waals surface area contributed by atoms with Crippen LogP contribution in [0.15, 0.2) is 0 Å². The van der Waals surface area contributed by atoms with E-state index >= 15 is 0 Å². The number of halogens is 1. The molecule has 0 aliphatic rings. The van der Waals surface area contributed by atoms with Crippen molar-refractivity contribution in [1.29, 1.82) is 0 Å². The van der Waals surface area contributed by atoms with Crippen LogP contribution in [0.5, 0.6) is 0 Å². The summed E-state index contributed by atoms with van der Waals surface area (Å²) in [5.74, 6) is 2.61. The van der Waals surface area contributed by atoms with E-state index in [2.05, 4.69) is 55.4 Å². The van der Waals surface area contributed by atoms with E-state index < -0.39 is 0 Å². The van der Waals surface area contributed by atoms with E-state index in [-0.39, 0.29) is 0 Å². The summed E-state index contributed by atoms with van der Waals surface area (Å²) < 4.78 is 0. The van der Waals surface area contributed by atoms with Crippen molar-refractivity contribution in [1.82, 2.24) is 0 Å². The quantitative estimate of drug-likeness (QED) is 0.461. The van der Waals surface area contributed by atoms with Crippen LogP contribution in [0.4, 0.5) is 0 Å². The maximum atomic E-state index is 3.78. The second-order valence-electron chi connectivity index (χ2n) is 4.88. The minimum absolute atomic E-state index is 0.415. The molecule has 0 heterocycles. The van der Waals surface area contributed by atoms with Crippen molar-refractivity contribution in [3.05, 3.63) is 0 Å². The first-order valence-corrected chi connectivity index (χ1v) is 7.77. The Labute approximate surface area is 103 Å². The highest BCUT2D eigenvalue weighted by Gasteiger charge is 2.20. The smallest absolute Gasteiger partial charge is 0.0194 e. The first kappa shape index (κ1) is 14.8. The third-order valence-electron chi connectivity index (χ3n) is 2.39. The van der Waals surface area contributed by atoms with E-state index in [9.17, 15) is 0 Å². The van der Waals surface area contributed by atoms with Gasteiger partial charge in [-0.1, -0.05) is 56.5 Å². The molecule has 2 heteroatoms. The predicted molar refractivity (Wildman–Crippen MR) is 73.6 cm³/mol. The largest absolute Gasteiger partial charge is 0.162 e. The zero-order valence-electron chi connectivity index (χ0n) is 10.1. The molecule has 86 valence electrons. The summed E-state index contributed by atoms with van der Waals surface area (Å²) in [5.41, 5.74) is 0.415. The normalized spacial score (nSPS) is 14.4. The summed E-state index contributed by atoms with van der Waals surface area (Å²) in [5, 5.41) is 0. The van der Waals surface area contributed by atoms with Gasteiger partial charge in [-0.25, -0.2) is 0 Å². The molecule has 1 atom stereocenters. The maximum absolute atomic E-state index is 3.78. The van der Waals surface area contributed by atoms with Crippen LogP contribution >= 0.6 is 27.7 Å². The Morgan fingerprint density at radius 1 is 1.14 bits per heavy atom. The molecule has 14 heavy (non-hydrogen) atoms. The lowest BCUT2D eigenvalue weighted by Crippen LogP contribution is -2.19. The standard InChI is InChI=1S/C12H25BrS/c1-5-14-10-8-6-7-9-11(13)12(2,3)4/h11H,5-10H2,1-4H3. The van der Waals surface area contributed by atoms with E-state index in [0.29, 0.717) is 10.2 Å². The first-order chi connectivity index (χ1) is 6.48. The molecule has 0 aromatic rings. The topological polar surface area (TPSA) is 0 Å². The molecule has 0 aliphatic carbocycles. The fraction of sp³-hybridized carbons (Fsp3) is 1.00. The van der Waals surface area contributed by atoms with E-state index in [0.717, 1.165) is 0 Å². The van der Waals surface area contributed by atoms with Gasteiger partial charge < -0.3 is 0 Å². The van der Waals surface area contributed by atoms with Crippen LogP contribution in [0.2, 0.25) is 0 Å². The molecule has 0 rings (SSSR count). The van der Waals surface area contributed by atoms with Gasteiger partial charge in [0.15, 0.2) is 0 Å². The highest BCUT2D eigenvalue weighted by atomic mass is 79.9. The van der Waals surface area contributed by atoms with Crippen LogP contribution in [0.3, 0.4) is 0 Å². The van der Waals surface area contributed by atoms with Gasteiger partial charge in [-0.05, 0) is 29.8 Å². The highest BCUT2D eigenvalue weighted by molar-refractivity contribution is 9.09. The van der Waals surface area contributed by atoms with Crippen LogP contribution in [0, 0.1) is 5.41 Å². The summed E-state index contributed by atoms with van der Waals surface area (Å²) in [6.07, 6.45) is 5.48. The van der Waals surface area contributed by atoms with E-state index in [4.69, 9.17) is 0 Å². The van der Waals surface area contributed by atoms with E-state index in [1.165, 1.54) is 37.2 Å². The predicted octanol–water partition coefficient (Wildman–Crippen LogP) is 5.11. The van der Waals surface area contributed by atoms with Gasteiger partial charge in [-0.3, -0.25) is 0 Å². The molecule has 0 spiro atoms. The zero-order valence-corrected chi connectivity index (χ0v) is 12.5. The van der Waals surface area contributed by atoms with Crippen molar-refractivity contribution in [2.75, 3.05) is 11.5 Å². The second-order valence-corrected chi connectivity index (χ2v) is 7.38. The monoisotopic (exact) mass is 280 g/mol. The minimum Gasteiger partial charge on any atom is -0.162 e. The Hall–Kier alpha value is 0.830. The van der Waals surface area contributed by atoms with Crippen molar-refractivity contribution in [2.45, 2.75) is 58.2 Å². The summed E-state index contributed by atoms with van der Waals surface area (Å²) >= 11 is 5.84. The average molecular weight is 281 g/mol. The molecule has 0 N–H and O–H groups in total. The van der Waals surface area contributed by atoms with Crippen LogP contribution in [-0.4, -0.2) is 16.3 Å². The number of thioether (sulfide) groups is 1. The maximum Gasteiger partial charge on any atom is 0.0194 e. The molecule has 1 unspecified atom stereocenters. The molecule has 0 saturated carbocycles. The Bertz CT molecular complexity index is 129. The number of rotatable bonds is 7. The van der Waals surface area contributed by atoms with Crippen LogP contribution in [0.25, 0.3) is 0 Å². The van der Waals surface area contributed by atoms with Crippen molar-refractivity contribution in [3.63, 3.8) is 0 Å². The zero-order chi connectivity index (χ0) is 11.0. The van der Waals surface area contributed by atoms with Crippen LogP contribution < -0.4 is 0 Å². The van der Waals surface area contributed by atoms with E-state index in [1.807, 2.05) is 0 Å². The summed E-state index contributed by atoms with van der Waals surface area (Å²) in [7, 11) is 0. The fourth-order valence-electron chi connectivity index (χ4n) is 1.28.